The molecule has 0 aromatic heterocycles. The van der Waals surface area contributed by atoms with Crippen LogP contribution >= 0.6 is 0 Å². The van der Waals surface area contributed by atoms with E-state index in [0.717, 1.165) is 37.1 Å². The maximum Gasteiger partial charge on any atom is 0.243 e. The van der Waals surface area contributed by atoms with Crippen LogP contribution in [0.4, 0.5) is 20.2 Å². The number of aryl methyl sites for hydroxylation is 1. The van der Waals surface area contributed by atoms with E-state index in [1.165, 1.54) is 23.6 Å². The van der Waals surface area contributed by atoms with Crippen molar-refractivity contribution in [3.05, 3.63) is 59.2 Å². The third kappa shape index (κ3) is 3.67. The second-order valence-corrected chi connectivity index (χ2v) is 5.68. The van der Waals surface area contributed by atoms with Gasteiger partial charge in [-0.25, -0.2) is 8.78 Å². The van der Waals surface area contributed by atoms with Gasteiger partial charge in [0.05, 0.1) is 12.2 Å². The minimum absolute atomic E-state index is 0.0201. The summed E-state index contributed by atoms with van der Waals surface area (Å²) in [5, 5.41) is 5.56. The van der Waals surface area contributed by atoms with Gasteiger partial charge in [-0.2, -0.15) is 0 Å². The SMILES string of the molecule is O=C(CNc1cccc2c1CCCC2)Nc1ccc(F)cc1F. The Kier molecular flexibility index (Phi) is 4.55. The Balaban J connectivity index is 1.63. The third-order valence-electron chi connectivity index (χ3n) is 4.04. The summed E-state index contributed by atoms with van der Waals surface area (Å²) >= 11 is 0. The van der Waals surface area contributed by atoms with Crippen LogP contribution in [0.1, 0.15) is 24.0 Å². The van der Waals surface area contributed by atoms with Crippen LogP contribution in [0, 0.1) is 11.6 Å². The summed E-state index contributed by atoms with van der Waals surface area (Å²) in [5.41, 5.74) is 3.52. The van der Waals surface area contributed by atoms with E-state index in [-0.39, 0.29) is 18.1 Å². The van der Waals surface area contributed by atoms with Crippen molar-refractivity contribution in [2.75, 3.05) is 17.2 Å². The fourth-order valence-corrected chi connectivity index (χ4v) is 2.91. The van der Waals surface area contributed by atoms with Gasteiger partial charge in [0.1, 0.15) is 11.6 Å². The average molecular weight is 316 g/mol. The summed E-state index contributed by atoms with van der Waals surface area (Å²) in [6.07, 6.45) is 4.42. The monoisotopic (exact) mass is 316 g/mol. The maximum atomic E-state index is 13.5. The van der Waals surface area contributed by atoms with Crippen LogP contribution in [-0.4, -0.2) is 12.5 Å². The Hall–Kier alpha value is -2.43. The number of hydrogen-bond acceptors (Lipinski definition) is 2. The van der Waals surface area contributed by atoms with Gasteiger partial charge in [-0.05, 0) is 55.0 Å². The molecule has 0 saturated carbocycles. The van der Waals surface area contributed by atoms with Crippen molar-refractivity contribution in [2.45, 2.75) is 25.7 Å². The summed E-state index contributed by atoms with van der Waals surface area (Å²) < 4.78 is 26.4. The molecule has 0 fully saturated rings. The normalized spacial score (nSPS) is 13.3. The highest BCUT2D eigenvalue weighted by Gasteiger charge is 2.14. The second kappa shape index (κ2) is 6.77. The van der Waals surface area contributed by atoms with Gasteiger partial charge in [0, 0.05) is 11.8 Å². The summed E-state index contributed by atoms with van der Waals surface area (Å²) in [6, 6.07) is 9.12. The lowest BCUT2D eigenvalue weighted by Crippen LogP contribution is -2.23. The van der Waals surface area contributed by atoms with E-state index in [1.807, 2.05) is 12.1 Å². The molecule has 3 rings (SSSR count). The van der Waals surface area contributed by atoms with E-state index in [1.54, 1.807) is 0 Å². The first kappa shape index (κ1) is 15.5. The molecule has 0 saturated heterocycles. The van der Waals surface area contributed by atoms with Crippen molar-refractivity contribution in [1.82, 2.24) is 0 Å². The molecule has 0 radical (unpaired) electrons. The lowest BCUT2D eigenvalue weighted by atomic mass is 9.90. The molecule has 2 aromatic rings. The van der Waals surface area contributed by atoms with Gasteiger partial charge in [0.15, 0.2) is 0 Å². The molecule has 0 spiro atoms. The number of nitrogens with one attached hydrogen (secondary N) is 2. The van der Waals surface area contributed by atoms with E-state index in [9.17, 15) is 13.6 Å². The van der Waals surface area contributed by atoms with Crippen molar-refractivity contribution in [3.63, 3.8) is 0 Å². The fourth-order valence-electron chi connectivity index (χ4n) is 2.91. The van der Waals surface area contributed by atoms with Crippen LogP contribution in [-0.2, 0) is 17.6 Å². The van der Waals surface area contributed by atoms with Gasteiger partial charge >= 0.3 is 0 Å². The van der Waals surface area contributed by atoms with Crippen LogP contribution in [0.2, 0.25) is 0 Å². The molecule has 120 valence electrons. The first-order chi connectivity index (χ1) is 11.1. The molecule has 0 atom stereocenters. The number of hydrogen-bond donors (Lipinski definition) is 2. The summed E-state index contributed by atoms with van der Waals surface area (Å²) in [6.45, 7) is 0.0350. The molecule has 23 heavy (non-hydrogen) atoms. The molecule has 2 aromatic carbocycles. The topological polar surface area (TPSA) is 41.1 Å². The Morgan fingerprint density at radius 2 is 1.87 bits per heavy atom. The molecule has 1 amide bonds. The van der Waals surface area contributed by atoms with Gasteiger partial charge in [0.25, 0.3) is 0 Å². The lowest BCUT2D eigenvalue weighted by Gasteiger charge is -2.20. The zero-order valence-corrected chi connectivity index (χ0v) is 12.7. The van der Waals surface area contributed by atoms with Crippen LogP contribution in [0.5, 0.6) is 0 Å². The minimum atomic E-state index is -0.782. The predicted molar refractivity (Wildman–Crippen MR) is 86.6 cm³/mol. The number of anilines is 2. The van der Waals surface area contributed by atoms with Gasteiger partial charge in [-0.1, -0.05) is 12.1 Å². The highest BCUT2D eigenvalue weighted by atomic mass is 19.1. The quantitative estimate of drug-likeness (QED) is 0.898. The van der Waals surface area contributed by atoms with Crippen molar-refractivity contribution in [1.29, 1.82) is 0 Å². The molecule has 1 aliphatic carbocycles. The van der Waals surface area contributed by atoms with Gasteiger partial charge in [-0.15, -0.1) is 0 Å². The Labute approximate surface area is 133 Å². The highest BCUT2D eigenvalue weighted by Crippen LogP contribution is 2.27. The Morgan fingerprint density at radius 3 is 2.70 bits per heavy atom. The summed E-state index contributed by atoms with van der Waals surface area (Å²) in [7, 11) is 0. The van der Waals surface area contributed by atoms with E-state index in [2.05, 4.69) is 16.7 Å². The van der Waals surface area contributed by atoms with Crippen molar-refractivity contribution in [3.8, 4) is 0 Å². The number of carbonyl (C=O) groups is 1. The van der Waals surface area contributed by atoms with E-state index in [0.29, 0.717) is 0 Å². The van der Waals surface area contributed by atoms with E-state index >= 15 is 0 Å². The maximum absolute atomic E-state index is 13.5. The smallest absolute Gasteiger partial charge is 0.243 e. The Bertz CT molecular complexity index is 731. The first-order valence-corrected chi connectivity index (χ1v) is 7.73. The average Bonchev–Trinajstić information content (AvgIpc) is 2.55. The summed E-state index contributed by atoms with van der Waals surface area (Å²) in [4.78, 5) is 12.0. The zero-order chi connectivity index (χ0) is 16.2. The van der Waals surface area contributed by atoms with Crippen molar-refractivity contribution in [2.24, 2.45) is 0 Å². The van der Waals surface area contributed by atoms with Gasteiger partial charge < -0.3 is 10.6 Å². The van der Waals surface area contributed by atoms with Crippen LogP contribution in [0.15, 0.2) is 36.4 Å². The van der Waals surface area contributed by atoms with Crippen molar-refractivity contribution >= 4 is 17.3 Å². The Morgan fingerprint density at radius 1 is 1.04 bits per heavy atom. The molecule has 0 unspecified atom stereocenters. The number of rotatable bonds is 4. The second-order valence-electron chi connectivity index (χ2n) is 5.68. The van der Waals surface area contributed by atoms with Crippen LogP contribution in [0.25, 0.3) is 0 Å². The number of carbonyl (C=O) groups excluding carboxylic acids is 1. The molecule has 0 aliphatic heterocycles. The minimum Gasteiger partial charge on any atom is -0.376 e. The zero-order valence-electron chi connectivity index (χ0n) is 12.7. The van der Waals surface area contributed by atoms with E-state index < -0.39 is 11.6 Å². The van der Waals surface area contributed by atoms with Crippen LogP contribution in [0.3, 0.4) is 0 Å². The number of amides is 1. The van der Waals surface area contributed by atoms with Crippen molar-refractivity contribution < 1.29 is 13.6 Å². The number of fused-ring (bicyclic) bond motifs is 1. The third-order valence-corrected chi connectivity index (χ3v) is 4.04. The summed E-state index contributed by atoms with van der Waals surface area (Å²) in [5.74, 6) is -1.83. The molecular weight excluding hydrogens is 298 g/mol. The molecule has 3 nitrogen and oxygen atoms in total. The fraction of sp³-hybridized carbons (Fsp3) is 0.278. The molecule has 5 heteroatoms. The van der Waals surface area contributed by atoms with Gasteiger partial charge in [-0.3, -0.25) is 4.79 Å². The predicted octanol–water partition coefficient (Wildman–Crippen LogP) is 3.89. The lowest BCUT2D eigenvalue weighted by molar-refractivity contribution is -0.114. The molecule has 0 bridgehead atoms. The molecular formula is C18H18F2N2O. The number of benzene rings is 2. The van der Waals surface area contributed by atoms with Crippen LogP contribution < -0.4 is 10.6 Å². The highest BCUT2D eigenvalue weighted by molar-refractivity contribution is 5.94. The molecule has 2 N–H and O–H groups in total. The largest absolute Gasteiger partial charge is 0.376 e. The standard InChI is InChI=1S/C18H18F2N2O/c19-13-8-9-17(15(20)10-13)22-18(23)11-21-16-7-3-5-12-4-1-2-6-14(12)16/h3,5,7-10,21H,1-2,4,6,11H2,(H,22,23). The van der Waals surface area contributed by atoms with Gasteiger partial charge in [0.2, 0.25) is 5.91 Å². The number of halogens is 2. The molecule has 0 heterocycles. The van der Waals surface area contributed by atoms with E-state index in [4.69, 9.17) is 0 Å². The molecule has 1 aliphatic rings. The first-order valence-electron chi connectivity index (χ1n) is 7.73.